The summed E-state index contributed by atoms with van der Waals surface area (Å²) in [5.74, 6) is 1.42. The minimum Gasteiger partial charge on any atom is -0.342 e. The zero-order chi connectivity index (χ0) is 17.9. The van der Waals surface area contributed by atoms with Gasteiger partial charge in [0.2, 0.25) is 0 Å². The summed E-state index contributed by atoms with van der Waals surface area (Å²) in [6.45, 7) is 1.49. The van der Waals surface area contributed by atoms with Gasteiger partial charge in [0, 0.05) is 29.6 Å². The van der Waals surface area contributed by atoms with Crippen LogP contribution < -0.4 is 5.32 Å². The third-order valence-electron chi connectivity index (χ3n) is 4.92. The third kappa shape index (κ3) is 3.55. The van der Waals surface area contributed by atoms with Crippen LogP contribution in [0.4, 0.5) is 10.5 Å². The summed E-state index contributed by atoms with van der Waals surface area (Å²) >= 11 is 1.69. The van der Waals surface area contributed by atoms with Crippen molar-refractivity contribution in [3.05, 3.63) is 54.4 Å². The summed E-state index contributed by atoms with van der Waals surface area (Å²) in [4.78, 5) is 23.7. The first-order chi connectivity index (χ1) is 12.7. The molecule has 0 aliphatic carbocycles. The number of nitrogens with zero attached hydrogens (tertiary/aromatic N) is 2. The Morgan fingerprint density at radius 3 is 2.58 bits per heavy atom. The number of rotatable bonds is 3. The number of hydrogen-bond donors (Lipinski definition) is 2. The number of hydrogen-bond acceptors (Lipinski definition) is 3. The average Bonchev–Trinajstić information content (AvgIpc) is 3.13. The number of nitrogens with one attached hydrogen (secondary N) is 2. The molecule has 0 bridgehead atoms. The van der Waals surface area contributed by atoms with Gasteiger partial charge in [0.15, 0.2) is 0 Å². The number of carbonyl (C=O) groups is 1. The zero-order valence-electron chi connectivity index (χ0n) is 14.7. The number of piperidine rings is 1. The Morgan fingerprint density at radius 2 is 1.88 bits per heavy atom. The zero-order valence-corrected chi connectivity index (χ0v) is 15.6. The molecule has 6 heteroatoms. The number of aromatic amines is 1. The minimum absolute atomic E-state index is 0.0232. The predicted octanol–water partition coefficient (Wildman–Crippen LogP) is 4.70. The summed E-state index contributed by atoms with van der Waals surface area (Å²) < 4.78 is 0. The van der Waals surface area contributed by atoms with Crippen molar-refractivity contribution in [2.45, 2.75) is 23.7 Å². The smallest absolute Gasteiger partial charge is 0.321 e. The Balaban J connectivity index is 1.35. The molecule has 3 aromatic rings. The molecule has 1 aromatic heterocycles. The lowest BCUT2D eigenvalue weighted by Crippen LogP contribution is -2.40. The fourth-order valence-electron chi connectivity index (χ4n) is 3.40. The number of carbonyl (C=O) groups excluding carboxylic acids is 1. The summed E-state index contributed by atoms with van der Waals surface area (Å²) in [5.41, 5.74) is 2.93. The largest absolute Gasteiger partial charge is 0.342 e. The van der Waals surface area contributed by atoms with Gasteiger partial charge in [-0.1, -0.05) is 12.1 Å². The van der Waals surface area contributed by atoms with E-state index in [2.05, 4.69) is 16.4 Å². The Hall–Kier alpha value is -2.47. The van der Waals surface area contributed by atoms with E-state index in [1.807, 2.05) is 53.6 Å². The molecule has 1 aliphatic heterocycles. The van der Waals surface area contributed by atoms with Gasteiger partial charge in [0.05, 0.1) is 11.0 Å². The van der Waals surface area contributed by atoms with Crippen LogP contribution in [-0.4, -0.2) is 40.2 Å². The summed E-state index contributed by atoms with van der Waals surface area (Å²) in [6.07, 6.45) is 3.90. The highest BCUT2D eigenvalue weighted by Crippen LogP contribution is 2.28. The van der Waals surface area contributed by atoms with Crippen LogP contribution in [0.25, 0.3) is 11.0 Å². The minimum atomic E-state index is -0.0232. The number of aromatic nitrogens is 2. The van der Waals surface area contributed by atoms with Crippen LogP contribution in [0, 0.1) is 0 Å². The second-order valence-corrected chi connectivity index (χ2v) is 7.44. The molecule has 4 rings (SSSR count). The Bertz CT molecular complexity index is 865. The molecule has 134 valence electrons. The monoisotopic (exact) mass is 366 g/mol. The van der Waals surface area contributed by atoms with Crippen molar-refractivity contribution in [2.75, 3.05) is 24.7 Å². The van der Waals surface area contributed by atoms with E-state index in [1.165, 1.54) is 4.90 Å². The normalized spacial score (nSPS) is 15.3. The molecule has 1 fully saturated rings. The Kier molecular flexibility index (Phi) is 4.84. The van der Waals surface area contributed by atoms with Gasteiger partial charge in [-0.2, -0.15) is 0 Å². The van der Waals surface area contributed by atoms with Crippen LogP contribution >= 0.6 is 11.8 Å². The molecule has 2 amide bonds. The van der Waals surface area contributed by atoms with Crippen LogP contribution in [0.5, 0.6) is 0 Å². The van der Waals surface area contributed by atoms with Crippen LogP contribution in [-0.2, 0) is 0 Å². The van der Waals surface area contributed by atoms with Gasteiger partial charge in [0.1, 0.15) is 5.82 Å². The molecule has 0 spiro atoms. The lowest BCUT2D eigenvalue weighted by molar-refractivity contribution is 0.193. The van der Waals surface area contributed by atoms with Crippen molar-refractivity contribution in [3.63, 3.8) is 0 Å². The molecule has 0 radical (unpaired) electrons. The van der Waals surface area contributed by atoms with Crippen molar-refractivity contribution >= 4 is 34.5 Å². The van der Waals surface area contributed by atoms with Gasteiger partial charge in [-0.15, -0.1) is 11.8 Å². The van der Waals surface area contributed by atoms with Crippen molar-refractivity contribution < 1.29 is 4.79 Å². The first kappa shape index (κ1) is 17.0. The van der Waals surface area contributed by atoms with Gasteiger partial charge < -0.3 is 15.2 Å². The number of imidazole rings is 1. The lowest BCUT2D eigenvalue weighted by atomic mass is 9.96. The van der Waals surface area contributed by atoms with Crippen molar-refractivity contribution in [1.82, 2.24) is 14.9 Å². The fourth-order valence-corrected chi connectivity index (χ4v) is 3.81. The maximum absolute atomic E-state index is 12.5. The van der Waals surface area contributed by atoms with E-state index in [4.69, 9.17) is 4.98 Å². The van der Waals surface area contributed by atoms with Crippen LogP contribution in [0.15, 0.2) is 53.4 Å². The van der Waals surface area contributed by atoms with Gasteiger partial charge in [0.25, 0.3) is 0 Å². The van der Waals surface area contributed by atoms with Crippen LogP contribution in [0.1, 0.15) is 24.6 Å². The highest BCUT2D eigenvalue weighted by Gasteiger charge is 2.25. The molecular weight excluding hydrogens is 344 g/mol. The standard InChI is InChI=1S/C20H22N4OS/c1-26-16-8-6-15(7-9-16)21-20(25)24-12-10-14(11-13-24)19-22-17-4-2-3-5-18(17)23-19/h2-9,14H,10-13H2,1H3,(H,21,25)(H,22,23). The second kappa shape index (κ2) is 7.41. The molecule has 2 N–H and O–H groups in total. The number of amides is 2. The maximum atomic E-state index is 12.5. The maximum Gasteiger partial charge on any atom is 0.321 e. The molecule has 2 aromatic carbocycles. The molecular formula is C20H22N4OS. The number of H-pyrrole nitrogens is 1. The Labute approximate surface area is 157 Å². The summed E-state index contributed by atoms with van der Waals surface area (Å²) in [7, 11) is 0. The molecule has 26 heavy (non-hydrogen) atoms. The quantitative estimate of drug-likeness (QED) is 0.661. The van der Waals surface area contributed by atoms with E-state index in [9.17, 15) is 4.79 Å². The van der Waals surface area contributed by atoms with Gasteiger partial charge >= 0.3 is 6.03 Å². The van der Waals surface area contributed by atoms with Crippen LogP contribution in [0.3, 0.4) is 0 Å². The number of para-hydroxylation sites is 2. The summed E-state index contributed by atoms with van der Waals surface area (Å²) in [6, 6.07) is 16.0. The summed E-state index contributed by atoms with van der Waals surface area (Å²) in [5, 5.41) is 2.99. The number of anilines is 1. The van der Waals surface area contributed by atoms with E-state index in [0.717, 1.165) is 48.5 Å². The SMILES string of the molecule is CSc1ccc(NC(=O)N2CCC(c3nc4ccccc4[nH]3)CC2)cc1. The van der Waals surface area contributed by atoms with E-state index < -0.39 is 0 Å². The van der Waals surface area contributed by atoms with Crippen molar-refractivity contribution in [2.24, 2.45) is 0 Å². The number of urea groups is 1. The van der Waals surface area contributed by atoms with Crippen LogP contribution in [0.2, 0.25) is 0 Å². The molecule has 0 saturated carbocycles. The van der Waals surface area contributed by atoms with E-state index in [-0.39, 0.29) is 6.03 Å². The number of thioether (sulfide) groups is 1. The third-order valence-corrected chi connectivity index (χ3v) is 5.66. The number of benzene rings is 2. The first-order valence-corrected chi connectivity index (χ1v) is 10.1. The average molecular weight is 366 g/mol. The predicted molar refractivity (Wildman–Crippen MR) is 107 cm³/mol. The van der Waals surface area contributed by atoms with E-state index >= 15 is 0 Å². The molecule has 2 heterocycles. The molecule has 0 unspecified atom stereocenters. The number of fused-ring (bicyclic) bond motifs is 1. The Morgan fingerprint density at radius 1 is 1.15 bits per heavy atom. The van der Waals surface area contributed by atoms with Gasteiger partial charge in [-0.05, 0) is 55.5 Å². The highest BCUT2D eigenvalue weighted by atomic mass is 32.2. The van der Waals surface area contributed by atoms with E-state index in [1.54, 1.807) is 11.8 Å². The number of likely N-dealkylation sites (tertiary alicyclic amines) is 1. The highest BCUT2D eigenvalue weighted by molar-refractivity contribution is 7.98. The molecule has 1 aliphatic rings. The lowest BCUT2D eigenvalue weighted by Gasteiger charge is -2.31. The fraction of sp³-hybridized carbons (Fsp3) is 0.300. The van der Waals surface area contributed by atoms with Gasteiger partial charge in [-0.25, -0.2) is 9.78 Å². The second-order valence-electron chi connectivity index (χ2n) is 6.56. The van der Waals surface area contributed by atoms with Crippen molar-refractivity contribution in [3.8, 4) is 0 Å². The van der Waals surface area contributed by atoms with Crippen molar-refractivity contribution in [1.29, 1.82) is 0 Å². The van der Waals surface area contributed by atoms with Gasteiger partial charge in [-0.3, -0.25) is 0 Å². The topological polar surface area (TPSA) is 61.0 Å². The molecule has 5 nitrogen and oxygen atoms in total. The molecule has 1 saturated heterocycles. The van der Waals surface area contributed by atoms with E-state index in [0.29, 0.717) is 5.92 Å². The first-order valence-electron chi connectivity index (χ1n) is 8.87. The molecule has 0 atom stereocenters.